The quantitative estimate of drug-likeness (QED) is 0.578. The fourth-order valence-corrected chi connectivity index (χ4v) is 0.464. The average Bonchev–Trinajstić information content (AvgIpc) is 1.87. The Kier molecular flexibility index (Phi) is 4.72. The molecule has 0 amide bonds. The molecule has 0 spiro atoms. The first-order valence-corrected chi connectivity index (χ1v) is 2.98. The Bertz CT molecular complexity index is 143. The van der Waals surface area contributed by atoms with Crippen LogP contribution in [-0.4, -0.2) is 0 Å². The van der Waals surface area contributed by atoms with Crippen molar-refractivity contribution >= 4 is 0 Å². The van der Waals surface area contributed by atoms with Crippen LogP contribution in [0.5, 0.6) is 0 Å². The van der Waals surface area contributed by atoms with Gasteiger partial charge in [0.2, 0.25) is 0 Å². The van der Waals surface area contributed by atoms with Gasteiger partial charge in [-0.25, -0.2) is 4.39 Å². The Hall–Kier alpha value is -0.730. The lowest BCUT2D eigenvalue weighted by Crippen LogP contribution is -1.72. The normalized spacial score (nSPS) is 11.4. The van der Waals surface area contributed by atoms with Crippen LogP contribution in [0.1, 0.15) is 19.8 Å². The van der Waals surface area contributed by atoms with E-state index in [2.05, 4.69) is 0 Å². The molecule has 0 rings (SSSR count). The van der Waals surface area contributed by atoms with Crippen molar-refractivity contribution in [2.45, 2.75) is 19.8 Å². The maximum absolute atomic E-state index is 12.2. The second-order valence-corrected chi connectivity index (χ2v) is 1.77. The first-order valence-electron chi connectivity index (χ1n) is 2.98. The van der Waals surface area contributed by atoms with E-state index in [-0.39, 0.29) is 18.7 Å². The highest BCUT2D eigenvalue weighted by atomic mass is 19.3. The molecule has 0 bridgehead atoms. The molecule has 0 aliphatic heterocycles. The summed E-state index contributed by atoms with van der Waals surface area (Å²) in [6.07, 6.45) is 0.364. The molecule has 58 valence electrons. The van der Waals surface area contributed by atoms with Crippen molar-refractivity contribution in [1.82, 2.24) is 0 Å². The minimum atomic E-state index is -1.75. The molecule has 0 heterocycles. The van der Waals surface area contributed by atoms with Crippen LogP contribution in [0.25, 0.3) is 0 Å². The minimum Gasteiger partial charge on any atom is -0.212 e. The molecule has 0 unspecified atom stereocenters. The summed E-state index contributed by atoms with van der Waals surface area (Å²) in [4.78, 5) is 0. The van der Waals surface area contributed by atoms with E-state index in [1.807, 2.05) is 0 Å². The Morgan fingerprint density at radius 3 is 2.30 bits per heavy atom. The average molecular weight is 150 g/mol. The minimum absolute atomic E-state index is 0.0633. The van der Waals surface area contributed by atoms with Gasteiger partial charge in [-0.1, -0.05) is 6.08 Å². The zero-order chi connectivity index (χ0) is 7.98. The highest BCUT2D eigenvalue weighted by molar-refractivity contribution is 4.92. The molecule has 3 heteroatoms. The molecule has 0 aliphatic rings. The van der Waals surface area contributed by atoms with Crippen molar-refractivity contribution < 1.29 is 13.2 Å². The Balaban J connectivity index is 3.47. The number of rotatable bonds is 3. The van der Waals surface area contributed by atoms with Gasteiger partial charge in [0, 0.05) is 6.42 Å². The molecule has 0 radical (unpaired) electrons. The molecule has 0 aromatic rings. The third kappa shape index (κ3) is 5.41. The molecule has 0 fully saturated rings. The fraction of sp³-hybridized carbons (Fsp3) is 0.429. The number of halogens is 3. The first-order chi connectivity index (χ1) is 4.66. The smallest absolute Gasteiger partial charge is 0.212 e. The van der Waals surface area contributed by atoms with Gasteiger partial charge in [-0.3, -0.25) is 0 Å². The molecule has 0 saturated heterocycles. The Morgan fingerprint density at radius 2 is 1.90 bits per heavy atom. The van der Waals surface area contributed by atoms with E-state index in [0.29, 0.717) is 6.08 Å². The lowest BCUT2D eigenvalue weighted by Gasteiger charge is -1.89. The maximum atomic E-state index is 12.2. The van der Waals surface area contributed by atoms with Crippen LogP contribution in [-0.2, 0) is 0 Å². The third-order valence-corrected chi connectivity index (χ3v) is 0.995. The van der Waals surface area contributed by atoms with E-state index in [1.165, 1.54) is 13.0 Å². The van der Waals surface area contributed by atoms with Crippen molar-refractivity contribution in [3.63, 3.8) is 0 Å². The van der Waals surface area contributed by atoms with Crippen LogP contribution in [0.3, 0.4) is 0 Å². The lowest BCUT2D eigenvalue weighted by atomic mass is 10.3. The van der Waals surface area contributed by atoms with Gasteiger partial charge in [0.15, 0.2) is 0 Å². The highest BCUT2D eigenvalue weighted by Crippen LogP contribution is 2.08. The van der Waals surface area contributed by atoms with E-state index < -0.39 is 6.08 Å². The summed E-state index contributed by atoms with van der Waals surface area (Å²) in [7, 11) is 0. The van der Waals surface area contributed by atoms with Crippen molar-refractivity contribution in [1.29, 1.82) is 0 Å². The van der Waals surface area contributed by atoms with Crippen molar-refractivity contribution in [3.05, 3.63) is 24.1 Å². The van der Waals surface area contributed by atoms with Crippen molar-refractivity contribution in [3.8, 4) is 0 Å². The molecule has 0 atom stereocenters. The zero-order valence-electron chi connectivity index (χ0n) is 5.70. The summed E-state index contributed by atoms with van der Waals surface area (Å²) in [6, 6.07) is 0. The van der Waals surface area contributed by atoms with E-state index in [9.17, 15) is 13.2 Å². The molecule has 0 N–H and O–H groups in total. The molecule has 0 saturated carbocycles. The summed E-state index contributed by atoms with van der Waals surface area (Å²) < 4.78 is 34.8. The highest BCUT2D eigenvalue weighted by Gasteiger charge is 1.92. The summed E-state index contributed by atoms with van der Waals surface area (Å²) in [5, 5.41) is 0. The maximum Gasteiger partial charge on any atom is 0.266 e. The lowest BCUT2D eigenvalue weighted by molar-refractivity contribution is 0.416. The van der Waals surface area contributed by atoms with Crippen molar-refractivity contribution in [2.24, 2.45) is 0 Å². The molecule has 0 aliphatic carbocycles. The van der Waals surface area contributed by atoms with E-state index in [4.69, 9.17) is 0 Å². The number of allylic oxidation sites excluding steroid dienone is 3. The largest absolute Gasteiger partial charge is 0.266 e. The van der Waals surface area contributed by atoms with Crippen LogP contribution < -0.4 is 0 Å². The monoisotopic (exact) mass is 150 g/mol. The predicted octanol–water partition coefficient (Wildman–Crippen LogP) is 3.42. The van der Waals surface area contributed by atoms with Crippen LogP contribution in [0.15, 0.2) is 24.1 Å². The van der Waals surface area contributed by atoms with Crippen molar-refractivity contribution in [2.75, 3.05) is 0 Å². The van der Waals surface area contributed by atoms with Gasteiger partial charge in [0.05, 0.1) is 5.83 Å². The molecular formula is C7H9F3. The second kappa shape index (κ2) is 5.09. The zero-order valence-corrected chi connectivity index (χ0v) is 5.70. The summed E-state index contributed by atoms with van der Waals surface area (Å²) in [6.45, 7) is 1.53. The van der Waals surface area contributed by atoms with E-state index >= 15 is 0 Å². The molecule has 10 heavy (non-hydrogen) atoms. The topological polar surface area (TPSA) is 0 Å². The summed E-state index contributed by atoms with van der Waals surface area (Å²) in [5.41, 5.74) is 0. The van der Waals surface area contributed by atoms with Gasteiger partial charge in [-0.15, -0.1) is 0 Å². The second-order valence-electron chi connectivity index (χ2n) is 1.77. The van der Waals surface area contributed by atoms with E-state index in [1.54, 1.807) is 0 Å². The van der Waals surface area contributed by atoms with Crippen LogP contribution in [0, 0.1) is 0 Å². The van der Waals surface area contributed by atoms with E-state index in [0.717, 1.165) is 0 Å². The summed E-state index contributed by atoms with van der Waals surface area (Å²) in [5.74, 6) is -0.350. The summed E-state index contributed by atoms with van der Waals surface area (Å²) >= 11 is 0. The predicted molar refractivity (Wildman–Crippen MR) is 34.4 cm³/mol. The van der Waals surface area contributed by atoms with Gasteiger partial charge in [-0.05, 0) is 19.4 Å². The SMILES string of the molecule is C/C=C(\F)CCC=C(F)F. The van der Waals surface area contributed by atoms with Crippen LogP contribution >= 0.6 is 0 Å². The molecule has 0 aromatic carbocycles. The van der Waals surface area contributed by atoms with Crippen LogP contribution in [0.2, 0.25) is 0 Å². The van der Waals surface area contributed by atoms with Gasteiger partial charge >= 0.3 is 0 Å². The first kappa shape index (κ1) is 9.27. The third-order valence-electron chi connectivity index (χ3n) is 0.995. The standard InChI is InChI=1S/C7H9F3/c1-2-6(8)4-3-5-7(9)10/h2,5H,3-4H2,1H3/b6-2-. The number of hydrogen-bond donors (Lipinski definition) is 0. The van der Waals surface area contributed by atoms with Gasteiger partial charge in [0.25, 0.3) is 6.08 Å². The Morgan fingerprint density at radius 1 is 1.30 bits per heavy atom. The fourth-order valence-electron chi connectivity index (χ4n) is 0.464. The Labute approximate surface area is 58.0 Å². The van der Waals surface area contributed by atoms with Gasteiger partial charge in [0.1, 0.15) is 0 Å². The molecule has 0 nitrogen and oxygen atoms in total. The van der Waals surface area contributed by atoms with Gasteiger partial charge in [-0.2, -0.15) is 8.78 Å². The molecule has 0 aromatic heterocycles. The number of hydrogen-bond acceptors (Lipinski definition) is 0. The van der Waals surface area contributed by atoms with Crippen LogP contribution in [0.4, 0.5) is 13.2 Å². The molecular weight excluding hydrogens is 141 g/mol. The van der Waals surface area contributed by atoms with Gasteiger partial charge < -0.3 is 0 Å².